The molecule has 1 atom stereocenters. The molecule has 2 aromatic rings. The van der Waals surface area contributed by atoms with Crippen molar-refractivity contribution in [3.05, 3.63) is 31.0 Å². The Balaban J connectivity index is 0.000000322. The molecule has 0 fully saturated rings. The van der Waals surface area contributed by atoms with E-state index in [9.17, 15) is 17.6 Å². The lowest BCUT2D eigenvalue weighted by atomic mass is 10.4. The lowest BCUT2D eigenvalue weighted by Gasteiger charge is -2.06. The summed E-state index contributed by atoms with van der Waals surface area (Å²) in [4.78, 5) is 21.0. The van der Waals surface area contributed by atoms with E-state index in [1.807, 2.05) is 0 Å². The van der Waals surface area contributed by atoms with Gasteiger partial charge in [-0.3, -0.25) is 4.57 Å². The maximum atomic E-state index is 12.6. The van der Waals surface area contributed by atoms with Crippen molar-refractivity contribution in [1.29, 1.82) is 0 Å². The highest BCUT2D eigenvalue weighted by atomic mass is 19.4. The van der Waals surface area contributed by atoms with Crippen LogP contribution in [0.2, 0.25) is 0 Å². The lowest BCUT2D eigenvalue weighted by Crippen LogP contribution is -2.21. The lowest BCUT2D eigenvalue weighted by molar-refractivity contribution is -0.192. The van der Waals surface area contributed by atoms with Crippen molar-refractivity contribution in [2.45, 2.75) is 19.3 Å². The zero-order valence-electron chi connectivity index (χ0n) is 11.8. The number of aromatic nitrogens is 4. The number of hydrogen-bond acceptors (Lipinski definition) is 5. The van der Waals surface area contributed by atoms with Gasteiger partial charge in [0, 0.05) is 25.1 Å². The molecule has 0 bridgehead atoms. The molecule has 7 nitrogen and oxygen atoms in total. The monoisotopic (exact) mass is 335 g/mol. The number of nitrogens with one attached hydrogen (secondary N) is 1. The van der Waals surface area contributed by atoms with Crippen LogP contribution >= 0.6 is 0 Å². The van der Waals surface area contributed by atoms with Gasteiger partial charge in [-0.2, -0.15) is 18.2 Å². The fourth-order valence-electron chi connectivity index (χ4n) is 1.20. The van der Waals surface area contributed by atoms with E-state index in [4.69, 9.17) is 9.90 Å². The van der Waals surface area contributed by atoms with Gasteiger partial charge in [0.25, 0.3) is 0 Å². The van der Waals surface area contributed by atoms with Crippen molar-refractivity contribution in [3.8, 4) is 5.82 Å². The predicted molar refractivity (Wildman–Crippen MR) is 71.9 cm³/mol. The number of alkyl halides is 4. The van der Waals surface area contributed by atoms with Crippen molar-refractivity contribution in [3.63, 3.8) is 0 Å². The van der Waals surface area contributed by atoms with E-state index < -0.39 is 18.3 Å². The van der Waals surface area contributed by atoms with Crippen LogP contribution < -0.4 is 5.32 Å². The number of imidazole rings is 1. The predicted octanol–water partition coefficient (Wildman–Crippen LogP) is 2.07. The van der Waals surface area contributed by atoms with E-state index in [1.165, 1.54) is 6.92 Å². The third-order valence-electron chi connectivity index (χ3n) is 2.19. The van der Waals surface area contributed by atoms with Crippen LogP contribution in [0.15, 0.2) is 31.0 Å². The van der Waals surface area contributed by atoms with Crippen LogP contribution in [0.25, 0.3) is 5.82 Å². The Hall–Kier alpha value is -2.72. The molecular weight excluding hydrogens is 322 g/mol. The molecule has 1 unspecified atom stereocenters. The van der Waals surface area contributed by atoms with E-state index in [0.29, 0.717) is 11.8 Å². The summed E-state index contributed by atoms with van der Waals surface area (Å²) < 4.78 is 46.1. The minimum absolute atomic E-state index is 0.202. The summed E-state index contributed by atoms with van der Waals surface area (Å²) in [5.74, 6) is -1.65. The van der Waals surface area contributed by atoms with Crippen molar-refractivity contribution < 1.29 is 27.5 Å². The number of carboxylic acids is 1. The molecule has 2 heterocycles. The van der Waals surface area contributed by atoms with Gasteiger partial charge in [-0.1, -0.05) is 0 Å². The van der Waals surface area contributed by atoms with Crippen LogP contribution in [0.3, 0.4) is 0 Å². The van der Waals surface area contributed by atoms with Crippen molar-refractivity contribution in [2.75, 3.05) is 11.9 Å². The average molecular weight is 335 g/mol. The largest absolute Gasteiger partial charge is 0.490 e. The van der Waals surface area contributed by atoms with E-state index in [0.717, 1.165) is 0 Å². The van der Waals surface area contributed by atoms with Gasteiger partial charge < -0.3 is 10.4 Å². The zero-order valence-corrected chi connectivity index (χ0v) is 11.8. The first kappa shape index (κ1) is 18.3. The number of hydrogen-bond donors (Lipinski definition) is 2. The third-order valence-corrected chi connectivity index (χ3v) is 2.19. The second kappa shape index (κ2) is 8.06. The summed E-state index contributed by atoms with van der Waals surface area (Å²) in [5, 5.41) is 9.94. The van der Waals surface area contributed by atoms with Gasteiger partial charge in [0.15, 0.2) is 0 Å². The molecule has 2 rings (SSSR count). The van der Waals surface area contributed by atoms with E-state index in [1.54, 1.807) is 35.6 Å². The molecule has 0 aromatic carbocycles. The molecule has 126 valence electrons. The highest BCUT2D eigenvalue weighted by Crippen LogP contribution is 2.13. The SMILES string of the molecule is CC(F)CNc1nccc(-n2ccnc2)n1.O=C(O)C(F)(F)F. The summed E-state index contributed by atoms with van der Waals surface area (Å²) >= 11 is 0. The molecule has 0 aliphatic heterocycles. The van der Waals surface area contributed by atoms with Crippen molar-refractivity contribution in [1.82, 2.24) is 19.5 Å². The van der Waals surface area contributed by atoms with Gasteiger partial charge in [-0.25, -0.2) is 19.2 Å². The molecule has 0 aliphatic rings. The fourth-order valence-corrected chi connectivity index (χ4v) is 1.20. The fraction of sp³-hybridized carbons (Fsp3) is 0.333. The molecule has 0 spiro atoms. The maximum Gasteiger partial charge on any atom is 0.490 e. The molecule has 0 saturated heterocycles. The van der Waals surface area contributed by atoms with E-state index in [-0.39, 0.29) is 6.54 Å². The van der Waals surface area contributed by atoms with Gasteiger partial charge >= 0.3 is 12.1 Å². The first-order valence-electron chi connectivity index (χ1n) is 6.19. The normalized spacial score (nSPS) is 12.0. The van der Waals surface area contributed by atoms with Gasteiger partial charge in [0.1, 0.15) is 18.3 Å². The minimum atomic E-state index is -5.08. The smallest absolute Gasteiger partial charge is 0.475 e. The van der Waals surface area contributed by atoms with Gasteiger partial charge in [-0.15, -0.1) is 0 Å². The summed E-state index contributed by atoms with van der Waals surface area (Å²) in [6, 6.07) is 1.76. The molecular formula is C12H13F4N5O2. The topological polar surface area (TPSA) is 92.9 Å². The molecule has 23 heavy (non-hydrogen) atoms. The standard InChI is InChI=1S/C10H12FN5.C2HF3O2/c1-8(11)6-14-10-13-3-2-9(15-10)16-5-4-12-7-16;3-2(4,5)1(6)7/h2-5,7-8H,6H2,1H3,(H,13,14,15);(H,6,7). The minimum Gasteiger partial charge on any atom is -0.475 e. The molecule has 11 heteroatoms. The first-order chi connectivity index (χ1) is 10.7. The third kappa shape index (κ3) is 6.72. The van der Waals surface area contributed by atoms with Crippen LogP contribution in [0, 0.1) is 0 Å². The highest BCUT2D eigenvalue weighted by molar-refractivity contribution is 5.73. The van der Waals surface area contributed by atoms with Crippen molar-refractivity contribution >= 4 is 11.9 Å². The Morgan fingerprint density at radius 1 is 1.43 bits per heavy atom. The number of nitrogens with zero attached hydrogens (tertiary/aromatic N) is 4. The maximum absolute atomic E-state index is 12.6. The molecule has 2 N–H and O–H groups in total. The van der Waals surface area contributed by atoms with E-state index in [2.05, 4.69) is 20.3 Å². The second-order valence-electron chi connectivity index (χ2n) is 4.17. The molecule has 0 aliphatic carbocycles. The molecule has 0 saturated carbocycles. The second-order valence-corrected chi connectivity index (χ2v) is 4.17. The summed E-state index contributed by atoms with van der Waals surface area (Å²) in [6.45, 7) is 1.68. The van der Waals surface area contributed by atoms with Crippen molar-refractivity contribution in [2.24, 2.45) is 0 Å². The molecule has 0 amide bonds. The Kier molecular flexibility index (Phi) is 6.42. The summed E-state index contributed by atoms with van der Waals surface area (Å²) in [6.07, 6.45) is 0.695. The Morgan fingerprint density at radius 2 is 2.09 bits per heavy atom. The Labute approximate surface area is 128 Å². The molecule has 2 aromatic heterocycles. The summed E-state index contributed by atoms with van der Waals surface area (Å²) in [7, 11) is 0. The van der Waals surface area contributed by atoms with Crippen LogP contribution in [-0.4, -0.2) is 49.5 Å². The number of halogens is 4. The van der Waals surface area contributed by atoms with Crippen LogP contribution in [0.5, 0.6) is 0 Å². The number of carboxylic acid groups (broad SMARTS) is 1. The number of aliphatic carboxylic acids is 1. The number of rotatable bonds is 4. The van der Waals surface area contributed by atoms with Crippen LogP contribution in [-0.2, 0) is 4.79 Å². The quantitative estimate of drug-likeness (QED) is 0.831. The average Bonchev–Trinajstić information content (AvgIpc) is 2.99. The zero-order chi connectivity index (χ0) is 17.5. The Bertz CT molecular complexity index is 616. The Morgan fingerprint density at radius 3 is 2.57 bits per heavy atom. The van der Waals surface area contributed by atoms with Crippen LogP contribution in [0.1, 0.15) is 6.92 Å². The van der Waals surface area contributed by atoms with Gasteiger partial charge in [0.2, 0.25) is 5.95 Å². The van der Waals surface area contributed by atoms with Gasteiger partial charge in [0.05, 0.1) is 0 Å². The number of anilines is 1. The van der Waals surface area contributed by atoms with Crippen LogP contribution in [0.4, 0.5) is 23.5 Å². The first-order valence-corrected chi connectivity index (χ1v) is 6.19. The number of carbonyl (C=O) groups is 1. The highest BCUT2D eigenvalue weighted by Gasteiger charge is 2.38. The molecule has 0 radical (unpaired) electrons. The summed E-state index contributed by atoms with van der Waals surface area (Å²) in [5.41, 5.74) is 0. The van der Waals surface area contributed by atoms with Gasteiger partial charge in [-0.05, 0) is 13.0 Å². The van der Waals surface area contributed by atoms with E-state index >= 15 is 0 Å².